The minimum absolute atomic E-state index is 0.0319. The number of H-pyrrole nitrogens is 1. The van der Waals surface area contributed by atoms with Gasteiger partial charge in [-0.05, 0) is 66.6 Å². The summed E-state index contributed by atoms with van der Waals surface area (Å²) in [7, 11) is -3.93. The van der Waals surface area contributed by atoms with E-state index in [2.05, 4.69) is 9.97 Å². The summed E-state index contributed by atoms with van der Waals surface area (Å²) in [6.45, 7) is 1.86. The molecule has 0 aliphatic heterocycles. The fraction of sp³-hybridized carbons (Fsp3) is 0.0952. The van der Waals surface area contributed by atoms with E-state index in [0.29, 0.717) is 10.9 Å². The van der Waals surface area contributed by atoms with Gasteiger partial charge < -0.3 is 4.98 Å². The van der Waals surface area contributed by atoms with E-state index in [4.69, 9.17) is 0 Å². The third-order valence-corrected chi connectivity index (χ3v) is 6.45. The Kier molecular flexibility index (Phi) is 4.47. The number of sulfone groups is 1. The summed E-state index contributed by atoms with van der Waals surface area (Å²) in [5.41, 5.74) is 2.90. The summed E-state index contributed by atoms with van der Waals surface area (Å²) < 4.78 is 53.0. The lowest BCUT2D eigenvalue weighted by Gasteiger charge is -2.10. The normalized spacial score (nSPS) is 11.8. The largest absolute Gasteiger partial charge is 0.358 e. The Hall–Kier alpha value is -3.06. The lowest BCUT2D eigenvalue weighted by Crippen LogP contribution is -2.09. The van der Waals surface area contributed by atoms with E-state index in [1.54, 1.807) is 18.2 Å². The molecule has 0 fully saturated rings. The molecule has 0 unspecified atom stereocenters. The van der Waals surface area contributed by atoms with Crippen LogP contribution in [0.15, 0.2) is 70.7 Å². The van der Waals surface area contributed by atoms with Gasteiger partial charge in [-0.2, -0.15) is 0 Å². The molecule has 0 aliphatic carbocycles. The van der Waals surface area contributed by atoms with Crippen LogP contribution in [-0.2, 0) is 16.3 Å². The summed E-state index contributed by atoms with van der Waals surface area (Å²) in [5, 5.41) is 0.609. The summed E-state index contributed by atoms with van der Waals surface area (Å²) in [6, 6.07) is 12.4. The minimum Gasteiger partial charge on any atom is -0.358 e. The predicted octanol–water partition coefficient (Wildman–Crippen LogP) is 4.57. The highest BCUT2D eigenvalue weighted by molar-refractivity contribution is 7.91. The number of aromatic amines is 1. The molecule has 2 aromatic heterocycles. The summed E-state index contributed by atoms with van der Waals surface area (Å²) in [5.74, 6) is -0.880. The van der Waals surface area contributed by atoms with Crippen molar-refractivity contribution in [2.45, 2.75) is 23.3 Å². The van der Waals surface area contributed by atoms with Crippen LogP contribution in [0.4, 0.5) is 8.78 Å². The van der Waals surface area contributed by atoms with Gasteiger partial charge in [0.05, 0.1) is 4.90 Å². The first-order valence-corrected chi connectivity index (χ1v) is 10.1. The number of rotatable bonds is 4. The summed E-state index contributed by atoms with van der Waals surface area (Å²) in [6.07, 6.45) is 1.67. The zero-order chi connectivity index (χ0) is 19.9. The Balaban J connectivity index is 1.83. The van der Waals surface area contributed by atoms with Gasteiger partial charge in [0.25, 0.3) is 0 Å². The number of pyridine rings is 1. The Morgan fingerprint density at radius 3 is 2.46 bits per heavy atom. The van der Waals surface area contributed by atoms with Gasteiger partial charge in [-0.25, -0.2) is 22.2 Å². The molecule has 0 saturated heterocycles. The number of aryl methyl sites for hydroxylation is 1. The van der Waals surface area contributed by atoms with E-state index in [-0.39, 0.29) is 22.2 Å². The lowest BCUT2D eigenvalue weighted by molar-refractivity contribution is 0.590. The molecular formula is C21H16F2N2O2S. The molecule has 0 spiro atoms. The van der Waals surface area contributed by atoms with Crippen LogP contribution in [0.1, 0.15) is 16.8 Å². The van der Waals surface area contributed by atoms with Gasteiger partial charge in [0.1, 0.15) is 11.6 Å². The maximum atomic E-state index is 13.7. The highest BCUT2D eigenvalue weighted by atomic mass is 32.2. The number of hydrogen-bond donors (Lipinski definition) is 1. The molecule has 0 saturated carbocycles. The number of fused-ring (bicyclic) bond motifs is 1. The number of hydrogen-bond acceptors (Lipinski definition) is 3. The number of nitrogens with one attached hydrogen (secondary N) is 1. The second-order valence-corrected chi connectivity index (χ2v) is 8.39. The molecule has 0 atom stereocenters. The lowest BCUT2D eigenvalue weighted by atomic mass is 10.0. The molecule has 7 heteroatoms. The van der Waals surface area contributed by atoms with Crippen molar-refractivity contribution >= 4 is 20.7 Å². The van der Waals surface area contributed by atoms with Gasteiger partial charge in [0.2, 0.25) is 9.84 Å². The van der Waals surface area contributed by atoms with Crippen molar-refractivity contribution in [1.29, 1.82) is 0 Å². The number of benzene rings is 2. The molecule has 0 bridgehead atoms. The third kappa shape index (κ3) is 3.18. The second kappa shape index (κ2) is 6.83. The Bertz CT molecular complexity index is 1280. The third-order valence-electron chi connectivity index (χ3n) is 4.68. The zero-order valence-electron chi connectivity index (χ0n) is 14.9. The van der Waals surface area contributed by atoms with Crippen LogP contribution in [0.5, 0.6) is 0 Å². The average Bonchev–Trinajstić information content (AvgIpc) is 2.97. The molecule has 4 aromatic rings. The molecule has 4 rings (SSSR count). The van der Waals surface area contributed by atoms with Gasteiger partial charge in [0.15, 0.2) is 5.03 Å². The maximum absolute atomic E-state index is 13.7. The van der Waals surface area contributed by atoms with Crippen LogP contribution < -0.4 is 0 Å². The van der Waals surface area contributed by atoms with Crippen molar-refractivity contribution in [1.82, 2.24) is 9.97 Å². The molecule has 142 valence electrons. The van der Waals surface area contributed by atoms with Gasteiger partial charge in [0, 0.05) is 29.2 Å². The van der Waals surface area contributed by atoms with Crippen LogP contribution in [0, 0.1) is 18.6 Å². The topological polar surface area (TPSA) is 62.8 Å². The first-order chi connectivity index (χ1) is 13.4. The van der Waals surface area contributed by atoms with E-state index in [1.165, 1.54) is 30.5 Å². The van der Waals surface area contributed by atoms with Crippen molar-refractivity contribution in [3.05, 3.63) is 89.2 Å². The quantitative estimate of drug-likeness (QED) is 0.512. The summed E-state index contributed by atoms with van der Waals surface area (Å²) in [4.78, 5) is 7.25. The number of nitrogens with zero attached hydrogens (tertiary/aromatic N) is 1. The van der Waals surface area contributed by atoms with Crippen molar-refractivity contribution in [3.63, 3.8) is 0 Å². The molecule has 28 heavy (non-hydrogen) atoms. The van der Waals surface area contributed by atoms with Crippen LogP contribution in [0.2, 0.25) is 0 Å². The fourth-order valence-electron chi connectivity index (χ4n) is 3.30. The predicted molar refractivity (Wildman–Crippen MR) is 102 cm³/mol. The van der Waals surface area contributed by atoms with E-state index in [1.807, 2.05) is 6.92 Å². The Morgan fingerprint density at radius 2 is 1.71 bits per heavy atom. The first-order valence-electron chi connectivity index (χ1n) is 8.57. The highest BCUT2D eigenvalue weighted by Crippen LogP contribution is 2.29. The van der Waals surface area contributed by atoms with Crippen molar-refractivity contribution in [2.75, 3.05) is 0 Å². The van der Waals surface area contributed by atoms with E-state index < -0.39 is 15.7 Å². The van der Waals surface area contributed by atoms with E-state index in [9.17, 15) is 17.2 Å². The molecule has 2 heterocycles. The molecule has 0 amide bonds. The van der Waals surface area contributed by atoms with Gasteiger partial charge >= 0.3 is 0 Å². The smallest absolute Gasteiger partial charge is 0.224 e. The first kappa shape index (κ1) is 18.3. The van der Waals surface area contributed by atoms with Crippen molar-refractivity contribution < 1.29 is 17.2 Å². The fourth-order valence-corrected chi connectivity index (χ4v) is 4.70. The van der Waals surface area contributed by atoms with Crippen LogP contribution >= 0.6 is 0 Å². The second-order valence-electron chi connectivity index (χ2n) is 6.52. The SMILES string of the molecule is Cc1[nH]c2ccc(F)cc2c1Cc1cccnc1S(=O)(=O)c1ccc(F)cc1. The average molecular weight is 398 g/mol. The molecular weight excluding hydrogens is 382 g/mol. The molecule has 4 nitrogen and oxygen atoms in total. The molecule has 1 N–H and O–H groups in total. The van der Waals surface area contributed by atoms with Crippen molar-refractivity contribution in [2.24, 2.45) is 0 Å². The van der Waals surface area contributed by atoms with Crippen LogP contribution in [0.3, 0.4) is 0 Å². The number of aromatic nitrogens is 2. The van der Waals surface area contributed by atoms with Crippen LogP contribution in [-0.4, -0.2) is 18.4 Å². The Labute approximate surface area is 160 Å². The summed E-state index contributed by atoms with van der Waals surface area (Å²) >= 11 is 0. The Morgan fingerprint density at radius 1 is 1.00 bits per heavy atom. The molecule has 0 radical (unpaired) electrons. The maximum Gasteiger partial charge on any atom is 0.224 e. The van der Waals surface area contributed by atoms with E-state index in [0.717, 1.165) is 28.9 Å². The van der Waals surface area contributed by atoms with Crippen LogP contribution in [0.25, 0.3) is 10.9 Å². The standard InChI is InChI=1S/C21H16F2N2O2S/c1-13-18(19-12-16(23)6-9-20(19)25-13)11-14-3-2-10-24-21(14)28(26,27)17-7-4-15(22)5-8-17/h2-10,12,25H,11H2,1H3. The molecule has 2 aromatic carbocycles. The van der Waals surface area contributed by atoms with Gasteiger partial charge in [-0.15, -0.1) is 0 Å². The zero-order valence-corrected chi connectivity index (χ0v) is 15.7. The van der Waals surface area contributed by atoms with E-state index >= 15 is 0 Å². The highest BCUT2D eigenvalue weighted by Gasteiger charge is 2.24. The molecule has 0 aliphatic rings. The minimum atomic E-state index is -3.93. The van der Waals surface area contributed by atoms with Crippen molar-refractivity contribution in [3.8, 4) is 0 Å². The number of halogens is 2. The van der Waals surface area contributed by atoms with Gasteiger partial charge in [-0.1, -0.05) is 6.07 Å². The van der Waals surface area contributed by atoms with Gasteiger partial charge in [-0.3, -0.25) is 0 Å². The monoisotopic (exact) mass is 398 g/mol.